The van der Waals surface area contributed by atoms with E-state index in [1.54, 1.807) is 19.2 Å². The predicted octanol–water partition coefficient (Wildman–Crippen LogP) is 4.17. The minimum Gasteiger partial charge on any atom is -0.504 e. The van der Waals surface area contributed by atoms with Crippen molar-refractivity contribution in [3.63, 3.8) is 0 Å². The second-order valence-corrected chi connectivity index (χ2v) is 4.89. The second-order valence-electron chi connectivity index (χ2n) is 4.89. The molecule has 0 amide bonds. The van der Waals surface area contributed by atoms with Crippen LogP contribution in [0.15, 0.2) is 60.7 Å². The number of anilines is 1. The van der Waals surface area contributed by atoms with Crippen LogP contribution in [0, 0.1) is 0 Å². The molecule has 3 aromatic carbocycles. The monoisotopic (exact) mass is 279 g/mol. The summed E-state index contributed by atoms with van der Waals surface area (Å²) in [5, 5.41) is 15.6. The van der Waals surface area contributed by atoms with Crippen LogP contribution in [0.2, 0.25) is 0 Å². The molecule has 0 atom stereocenters. The van der Waals surface area contributed by atoms with Crippen molar-refractivity contribution in [2.75, 3.05) is 12.4 Å². The molecule has 0 saturated carbocycles. The SMILES string of the molecule is COc1ccc(CNc2cccc3ccccc23)cc1O. The summed E-state index contributed by atoms with van der Waals surface area (Å²) in [7, 11) is 1.54. The molecule has 0 aliphatic rings. The Morgan fingerprint density at radius 1 is 1.00 bits per heavy atom. The molecule has 0 bridgehead atoms. The van der Waals surface area contributed by atoms with E-state index in [0.29, 0.717) is 12.3 Å². The van der Waals surface area contributed by atoms with E-state index >= 15 is 0 Å². The fourth-order valence-corrected chi connectivity index (χ4v) is 2.42. The van der Waals surface area contributed by atoms with Crippen molar-refractivity contribution < 1.29 is 9.84 Å². The molecule has 0 spiro atoms. The summed E-state index contributed by atoms with van der Waals surface area (Å²) < 4.78 is 5.05. The van der Waals surface area contributed by atoms with Crippen LogP contribution >= 0.6 is 0 Å². The molecular formula is C18H17NO2. The highest BCUT2D eigenvalue weighted by atomic mass is 16.5. The Morgan fingerprint density at radius 3 is 2.62 bits per heavy atom. The van der Waals surface area contributed by atoms with Gasteiger partial charge in [-0.3, -0.25) is 0 Å². The van der Waals surface area contributed by atoms with Crippen molar-refractivity contribution in [2.24, 2.45) is 0 Å². The zero-order chi connectivity index (χ0) is 14.7. The van der Waals surface area contributed by atoms with Crippen molar-refractivity contribution >= 4 is 16.5 Å². The number of benzene rings is 3. The predicted molar refractivity (Wildman–Crippen MR) is 85.9 cm³/mol. The first-order valence-corrected chi connectivity index (χ1v) is 6.85. The van der Waals surface area contributed by atoms with E-state index in [1.807, 2.05) is 24.3 Å². The van der Waals surface area contributed by atoms with Crippen LogP contribution in [-0.2, 0) is 6.54 Å². The van der Waals surface area contributed by atoms with Crippen LogP contribution < -0.4 is 10.1 Å². The van der Waals surface area contributed by atoms with Crippen LogP contribution in [0.5, 0.6) is 11.5 Å². The van der Waals surface area contributed by atoms with E-state index in [0.717, 1.165) is 11.3 Å². The Bertz CT molecular complexity index is 763. The van der Waals surface area contributed by atoms with Gasteiger partial charge in [0, 0.05) is 17.6 Å². The van der Waals surface area contributed by atoms with Crippen molar-refractivity contribution in [1.29, 1.82) is 0 Å². The number of nitrogens with one attached hydrogen (secondary N) is 1. The van der Waals surface area contributed by atoms with Gasteiger partial charge in [0.15, 0.2) is 11.5 Å². The highest BCUT2D eigenvalue weighted by molar-refractivity contribution is 5.93. The molecular weight excluding hydrogens is 262 g/mol. The van der Waals surface area contributed by atoms with Crippen LogP contribution in [-0.4, -0.2) is 12.2 Å². The van der Waals surface area contributed by atoms with E-state index in [2.05, 4.69) is 29.6 Å². The van der Waals surface area contributed by atoms with Gasteiger partial charge >= 0.3 is 0 Å². The third kappa shape index (κ3) is 2.77. The number of aromatic hydroxyl groups is 1. The molecule has 0 saturated heterocycles. The first-order valence-electron chi connectivity index (χ1n) is 6.85. The van der Waals surface area contributed by atoms with Gasteiger partial charge < -0.3 is 15.2 Å². The summed E-state index contributed by atoms with van der Waals surface area (Å²) in [4.78, 5) is 0. The lowest BCUT2D eigenvalue weighted by molar-refractivity contribution is 0.373. The first-order chi connectivity index (χ1) is 10.3. The summed E-state index contributed by atoms with van der Waals surface area (Å²) in [5.74, 6) is 0.652. The number of fused-ring (bicyclic) bond motifs is 1. The Labute approximate surface area is 123 Å². The van der Waals surface area contributed by atoms with E-state index in [-0.39, 0.29) is 5.75 Å². The van der Waals surface area contributed by atoms with Gasteiger partial charge in [0.25, 0.3) is 0 Å². The van der Waals surface area contributed by atoms with E-state index in [1.165, 1.54) is 10.8 Å². The summed E-state index contributed by atoms with van der Waals surface area (Å²) >= 11 is 0. The molecule has 0 aromatic heterocycles. The van der Waals surface area contributed by atoms with Gasteiger partial charge in [0.1, 0.15) is 0 Å². The summed E-state index contributed by atoms with van der Waals surface area (Å²) in [6.07, 6.45) is 0. The van der Waals surface area contributed by atoms with Crippen LogP contribution in [0.3, 0.4) is 0 Å². The van der Waals surface area contributed by atoms with Gasteiger partial charge in [0.05, 0.1) is 7.11 Å². The molecule has 21 heavy (non-hydrogen) atoms. The molecule has 3 rings (SSSR count). The standard InChI is InChI=1S/C18H17NO2/c1-21-18-10-9-13(11-17(18)20)12-19-16-8-4-6-14-5-2-3-7-15(14)16/h2-11,19-20H,12H2,1H3. The molecule has 3 aromatic rings. The molecule has 2 N–H and O–H groups in total. The van der Waals surface area contributed by atoms with Gasteiger partial charge in [-0.15, -0.1) is 0 Å². The van der Waals surface area contributed by atoms with Gasteiger partial charge in [-0.1, -0.05) is 42.5 Å². The number of hydrogen-bond donors (Lipinski definition) is 2. The molecule has 106 valence electrons. The molecule has 0 unspecified atom stereocenters. The fourth-order valence-electron chi connectivity index (χ4n) is 2.42. The van der Waals surface area contributed by atoms with E-state index in [4.69, 9.17) is 4.74 Å². The highest BCUT2D eigenvalue weighted by Gasteiger charge is 2.04. The van der Waals surface area contributed by atoms with Crippen molar-refractivity contribution in [3.05, 3.63) is 66.2 Å². The highest BCUT2D eigenvalue weighted by Crippen LogP contribution is 2.27. The van der Waals surface area contributed by atoms with Gasteiger partial charge in [0.2, 0.25) is 0 Å². The van der Waals surface area contributed by atoms with Crippen molar-refractivity contribution in [2.45, 2.75) is 6.54 Å². The van der Waals surface area contributed by atoms with Crippen LogP contribution in [0.1, 0.15) is 5.56 Å². The minimum atomic E-state index is 0.162. The Balaban J connectivity index is 1.82. The molecule has 0 aliphatic heterocycles. The number of phenolic OH excluding ortho intramolecular Hbond substituents is 1. The Kier molecular flexibility index (Phi) is 3.65. The summed E-state index contributed by atoms with van der Waals surface area (Å²) in [6.45, 7) is 0.644. The first kappa shape index (κ1) is 13.3. The van der Waals surface area contributed by atoms with Gasteiger partial charge in [-0.2, -0.15) is 0 Å². The minimum absolute atomic E-state index is 0.162. The maximum absolute atomic E-state index is 9.81. The smallest absolute Gasteiger partial charge is 0.160 e. The number of hydrogen-bond acceptors (Lipinski definition) is 3. The lowest BCUT2D eigenvalue weighted by Crippen LogP contribution is -2.00. The fraction of sp³-hybridized carbons (Fsp3) is 0.111. The second kappa shape index (κ2) is 5.75. The summed E-state index contributed by atoms with van der Waals surface area (Å²) in [5.41, 5.74) is 2.09. The topological polar surface area (TPSA) is 41.5 Å². The normalized spacial score (nSPS) is 10.5. The average Bonchev–Trinajstić information content (AvgIpc) is 2.53. The number of methoxy groups -OCH3 is 1. The zero-order valence-electron chi connectivity index (χ0n) is 11.8. The zero-order valence-corrected chi connectivity index (χ0v) is 11.8. The maximum atomic E-state index is 9.81. The van der Waals surface area contributed by atoms with Crippen molar-refractivity contribution in [3.8, 4) is 11.5 Å². The third-order valence-corrected chi connectivity index (χ3v) is 3.52. The molecule has 0 heterocycles. The average molecular weight is 279 g/mol. The number of phenols is 1. The van der Waals surface area contributed by atoms with Gasteiger partial charge in [-0.05, 0) is 29.1 Å². The van der Waals surface area contributed by atoms with E-state index in [9.17, 15) is 5.11 Å². The Hall–Kier alpha value is -2.68. The van der Waals surface area contributed by atoms with E-state index < -0.39 is 0 Å². The maximum Gasteiger partial charge on any atom is 0.160 e. The van der Waals surface area contributed by atoms with Crippen LogP contribution in [0.4, 0.5) is 5.69 Å². The number of ether oxygens (including phenoxy) is 1. The summed E-state index contributed by atoms with van der Waals surface area (Å²) in [6, 6.07) is 19.9. The lowest BCUT2D eigenvalue weighted by Gasteiger charge is -2.11. The lowest BCUT2D eigenvalue weighted by atomic mass is 10.1. The quantitative estimate of drug-likeness (QED) is 0.753. The van der Waals surface area contributed by atoms with Crippen molar-refractivity contribution in [1.82, 2.24) is 0 Å². The molecule has 0 fully saturated rings. The largest absolute Gasteiger partial charge is 0.504 e. The molecule has 0 radical (unpaired) electrons. The molecule has 0 aliphatic carbocycles. The number of rotatable bonds is 4. The Morgan fingerprint density at radius 2 is 1.81 bits per heavy atom. The third-order valence-electron chi connectivity index (χ3n) is 3.52. The van der Waals surface area contributed by atoms with Gasteiger partial charge in [-0.25, -0.2) is 0 Å². The molecule has 3 nitrogen and oxygen atoms in total. The van der Waals surface area contributed by atoms with Crippen LogP contribution in [0.25, 0.3) is 10.8 Å². The molecule has 3 heteroatoms.